The summed E-state index contributed by atoms with van der Waals surface area (Å²) < 4.78 is 0. The van der Waals surface area contributed by atoms with Crippen molar-refractivity contribution in [1.29, 1.82) is 0 Å². The third kappa shape index (κ3) is 6.40. The van der Waals surface area contributed by atoms with E-state index in [0.29, 0.717) is 11.1 Å². The number of unbranched alkanes of at least 4 members (excludes halogenated alkanes) is 6. The molecular formula is C25H34O3. The fourth-order valence-electron chi connectivity index (χ4n) is 3.51. The maximum atomic E-state index is 13.0. The number of phenols is 2. The second-order valence-corrected chi connectivity index (χ2v) is 7.64. The van der Waals surface area contributed by atoms with Gasteiger partial charge in [0.1, 0.15) is 11.5 Å². The molecule has 0 saturated carbocycles. The van der Waals surface area contributed by atoms with Gasteiger partial charge in [-0.2, -0.15) is 0 Å². The van der Waals surface area contributed by atoms with Crippen molar-refractivity contribution in [2.75, 3.05) is 0 Å². The summed E-state index contributed by atoms with van der Waals surface area (Å²) in [6.45, 7) is 4.35. The SMILES string of the molecule is CCCCCCc1cc(C(=O)c2ccc(O)c(CCCCCC)c2)ccc1O. The van der Waals surface area contributed by atoms with Gasteiger partial charge in [0.25, 0.3) is 0 Å². The van der Waals surface area contributed by atoms with Crippen LogP contribution in [0.2, 0.25) is 0 Å². The van der Waals surface area contributed by atoms with Gasteiger partial charge < -0.3 is 10.2 Å². The summed E-state index contributed by atoms with van der Waals surface area (Å²) in [6.07, 6.45) is 10.6. The van der Waals surface area contributed by atoms with Gasteiger partial charge in [0.2, 0.25) is 0 Å². The molecular weight excluding hydrogens is 348 g/mol. The van der Waals surface area contributed by atoms with Crippen molar-refractivity contribution in [2.24, 2.45) is 0 Å². The second kappa shape index (κ2) is 11.5. The van der Waals surface area contributed by atoms with E-state index in [-0.39, 0.29) is 17.3 Å². The molecule has 0 heterocycles. The van der Waals surface area contributed by atoms with E-state index < -0.39 is 0 Å². The number of carbonyl (C=O) groups is 1. The first-order valence-electron chi connectivity index (χ1n) is 10.7. The van der Waals surface area contributed by atoms with Crippen LogP contribution in [0.1, 0.15) is 92.3 Å². The highest BCUT2D eigenvalue weighted by atomic mass is 16.3. The lowest BCUT2D eigenvalue weighted by Gasteiger charge is -2.10. The first-order chi connectivity index (χ1) is 13.6. The van der Waals surface area contributed by atoms with E-state index in [1.807, 2.05) is 12.1 Å². The highest BCUT2D eigenvalue weighted by molar-refractivity contribution is 6.09. The number of carbonyl (C=O) groups excluding carboxylic acids is 1. The predicted molar refractivity (Wildman–Crippen MR) is 115 cm³/mol. The number of hydrogen-bond acceptors (Lipinski definition) is 3. The van der Waals surface area contributed by atoms with Crippen molar-refractivity contribution in [1.82, 2.24) is 0 Å². The van der Waals surface area contributed by atoms with Crippen LogP contribution in [0.15, 0.2) is 36.4 Å². The number of phenolic OH excluding ortho intramolecular Hbond substituents is 2. The number of benzene rings is 2. The Morgan fingerprint density at radius 3 is 1.50 bits per heavy atom. The molecule has 0 aromatic heterocycles. The summed E-state index contributed by atoms with van der Waals surface area (Å²) in [5.74, 6) is 0.454. The number of hydrogen-bond donors (Lipinski definition) is 2. The molecule has 28 heavy (non-hydrogen) atoms. The minimum atomic E-state index is -0.0652. The van der Waals surface area contributed by atoms with E-state index in [2.05, 4.69) is 13.8 Å². The molecule has 2 aromatic carbocycles. The molecule has 0 aliphatic carbocycles. The van der Waals surface area contributed by atoms with Gasteiger partial charge in [-0.3, -0.25) is 4.79 Å². The van der Waals surface area contributed by atoms with Crippen molar-refractivity contribution in [3.05, 3.63) is 58.7 Å². The predicted octanol–water partition coefficient (Wildman–Crippen LogP) is 6.57. The third-order valence-electron chi connectivity index (χ3n) is 5.28. The molecule has 0 saturated heterocycles. The lowest BCUT2D eigenvalue weighted by molar-refractivity contribution is 0.103. The highest BCUT2D eigenvalue weighted by Crippen LogP contribution is 2.25. The third-order valence-corrected chi connectivity index (χ3v) is 5.28. The number of ketones is 1. The first kappa shape index (κ1) is 22.0. The standard InChI is InChI=1S/C25H34O3/c1-3-5-7-9-11-19-17-21(13-15-23(19)26)25(28)22-14-16-24(27)20(18-22)12-10-8-6-4-2/h13-18,26-27H,3-12H2,1-2H3. The number of aryl methyl sites for hydroxylation is 2. The van der Waals surface area contributed by atoms with Gasteiger partial charge in [-0.1, -0.05) is 52.4 Å². The number of rotatable bonds is 12. The van der Waals surface area contributed by atoms with Crippen LogP contribution in [0.4, 0.5) is 0 Å². The molecule has 0 aliphatic rings. The molecule has 0 fully saturated rings. The zero-order valence-electron chi connectivity index (χ0n) is 17.3. The van der Waals surface area contributed by atoms with Crippen LogP contribution in [0.3, 0.4) is 0 Å². The summed E-state index contributed by atoms with van der Waals surface area (Å²) in [6, 6.07) is 10.2. The Morgan fingerprint density at radius 2 is 1.11 bits per heavy atom. The maximum absolute atomic E-state index is 13.0. The van der Waals surface area contributed by atoms with Crippen LogP contribution in [0.5, 0.6) is 11.5 Å². The molecule has 2 aromatic rings. The van der Waals surface area contributed by atoms with Gasteiger partial charge in [0.15, 0.2) is 5.78 Å². The van der Waals surface area contributed by atoms with Crippen molar-refractivity contribution >= 4 is 5.78 Å². The minimum absolute atomic E-state index is 0.0652. The summed E-state index contributed by atoms with van der Waals surface area (Å²) in [7, 11) is 0. The second-order valence-electron chi connectivity index (χ2n) is 7.64. The van der Waals surface area contributed by atoms with Crippen LogP contribution in [-0.4, -0.2) is 16.0 Å². The molecule has 0 bridgehead atoms. The Hall–Kier alpha value is -2.29. The van der Waals surface area contributed by atoms with Gasteiger partial charge in [-0.25, -0.2) is 0 Å². The molecule has 0 amide bonds. The van der Waals surface area contributed by atoms with Crippen molar-refractivity contribution in [2.45, 2.75) is 78.1 Å². The zero-order valence-corrected chi connectivity index (χ0v) is 17.3. The van der Waals surface area contributed by atoms with E-state index in [0.717, 1.165) is 49.7 Å². The monoisotopic (exact) mass is 382 g/mol. The molecule has 0 radical (unpaired) electrons. The van der Waals surface area contributed by atoms with Crippen LogP contribution in [0.25, 0.3) is 0 Å². The van der Waals surface area contributed by atoms with Gasteiger partial charge in [0, 0.05) is 11.1 Å². The van der Waals surface area contributed by atoms with Crippen LogP contribution >= 0.6 is 0 Å². The average Bonchev–Trinajstić information content (AvgIpc) is 2.70. The quantitative estimate of drug-likeness (QED) is 0.322. The summed E-state index contributed by atoms with van der Waals surface area (Å²) in [4.78, 5) is 13.0. The number of aromatic hydroxyl groups is 2. The summed E-state index contributed by atoms with van der Waals surface area (Å²) in [5, 5.41) is 20.2. The topological polar surface area (TPSA) is 57.5 Å². The largest absolute Gasteiger partial charge is 0.508 e. The zero-order chi connectivity index (χ0) is 20.4. The molecule has 152 valence electrons. The fourth-order valence-corrected chi connectivity index (χ4v) is 3.51. The van der Waals surface area contributed by atoms with Crippen LogP contribution < -0.4 is 0 Å². The Bertz CT molecular complexity index is 701. The van der Waals surface area contributed by atoms with Gasteiger partial charge >= 0.3 is 0 Å². The van der Waals surface area contributed by atoms with E-state index in [9.17, 15) is 15.0 Å². The molecule has 3 heteroatoms. The van der Waals surface area contributed by atoms with Crippen molar-refractivity contribution < 1.29 is 15.0 Å². The molecule has 0 spiro atoms. The Labute approximate surface area is 169 Å². The van der Waals surface area contributed by atoms with Crippen LogP contribution in [-0.2, 0) is 12.8 Å². The maximum Gasteiger partial charge on any atom is 0.193 e. The Balaban J connectivity index is 2.12. The lowest BCUT2D eigenvalue weighted by atomic mass is 9.96. The lowest BCUT2D eigenvalue weighted by Crippen LogP contribution is -2.03. The Morgan fingerprint density at radius 1 is 0.679 bits per heavy atom. The molecule has 2 rings (SSSR count). The highest BCUT2D eigenvalue weighted by Gasteiger charge is 2.14. The first-order valence-corrected chi connectivity index (χ1v) is 10.7. The average molecular weight is 383 g/mol. The molecule has 3 nitrogen and oxygen atoms in total. The molecule has 0 atom stereocenters. The van der Waals surface area contributed by atoms with E-state index in [4.69, 9.17) is 0 Å². The normalized spacial score (nSPS) is 10.9. The van der Waals surface area contributed by atoms with Gasteiger partial charge in [0.05, 0.1) is 0 Å². The fraction of sp³-hybridized carbons (Fsp3) is 0.480. The van der Waals surface area contributed by atoms with E-state index in [1.54, 1.807) is 24.3 Å². The van der Waals surface area contributed by atoms with Crippen molar-refractivity contribution in [3.8, 4) is 11.5 Å². The minimum Gasteiger partial charge on any atom is -0.508 e. The van der Waals surface area contributed by atoms with Gasteiger partial charge in [-0.05, 0) is 73.2 Å². The van der Waals surface area contributed by atoms with E-state index in [1.165, 1.54) is 25.7 Å². The molecule has 2 N–H and O–H groups in total. The van der Waals surface area contributed by atoms with Crippen LogP contribution in [0, 0.1) is 0 Å². The van der Waals surface area contributed by atoms with E-state index >= 15 is 0 Å². The molecule has 0 unspecified atom stereocenters. The van der Waals surface area contributed by atoms with Crippen molar-refractivity contribution in [3.63, 3.8) is 0 Å². The summed E-state index contributed by atoms with van der Waals surface area (Å²) in [5.41, 5.74) is 2.85. The van der Waals surface area contributed by atoms with Gasteiger partial charge in [-0.15, -0.1) is 0 Å². The molecule has 0 aliphatic heterocycles. The smallest absolute Gasteiger partial charge is 0.193 e. The Kier molecular flexibility index (Phi) is 9.06. The summed E-state index contributed by atoms with van der Waals surface area (Å²) >= 11 is 0.